The number of likely N-dealkylation sites (N-methyl/N-ethyl adjacent to an activating group) is 1. The Kier molecular flexibility index (Phi) is 10.6. The fourth-order valence-electron chi connectivity index (χ4n) is 9.33. The molecule has 11 atom stereocenters. The lowest BCUT2D eigenvalue weighted by Gasteiger charge is -2.47. The van der Waals surface area contributed by atoms with Crippen molar-refractivity contribution < 1.29 is 14.6 Å². The summed E-state index contributed by atoms with van der Waals surface area (Å²) >= 11 is 1.85. The number of thioether (sulfide) groups is 1. The first-order valence-corrected chi connectivity index (χ1v) is 18.7. The number of rotatable bonds is 9. The number of nitrogens with zero attached hydrogens (tertiary/aromatic N) is 3. The number of nitrogens with two attached hydrogens (primary N) is 1. The second-order valence-corrected chi connectivity index (χ2v) is 16.2. The highest BCUT2D eigenvalue weighted by atomic mass is 32.2. The van der Waals surface area contributed by atoms with Crippen molar-refractivity contribution in [1.29, 1.82) is 0 Å². The normalized spacial score (nSPS) is 38.6. The molecule has 0 aromatic carbocycles. The van der Waals surface area contributed by atoms with Gasteiger partial charge in [0.1, 0.15) is 5.82 Å². The molecule has 0 amide bonds. The number of carboxylic acid groups (broad SMARTS) is 1. The predicted octanol–water partition coefficient (Wildman–Crippen LogP) is 2.77. The van der Waals surface area contributed by atoms with Crippen LogP contribution in [0.25, 0.3) is 0 Å². The Labute approximate surface area is 273 Å². The molecule has 0 bridgehead atoms. The minimum atomic E-state index is -0.677. The Bertz CT molecular complexity index is 1260. The van der Waals surface area contributed by atoms with Crippen LogP contribution >= 0.6 is 11.8 Å². The van der Waals surface area contributed by atoms with Gasteiger partial charge in [0.05, 0.1) is 37.0 Å². The third kappa shape index (κ3) is 7.33. The number of hydrogen-bond donors (Lipinski definition) is 4. The highest BCUT2D eigenvalue weighted by Gasteiger charge is 2.51. The van der Waals surface area contributed by atoms with Crippen LogP contribution in [0.1, 0.15) is 82.3 Å². The summed E-state index contributed by atoms with van der Waals surface area (Å²) in [5.41, 5.74) is 8.11. The van der Waals surface area contributed by atoms with E-state index in [-0.39, 0.29) is 29.8 Å². The van der Waals surface area contributed by atoms with Crippen molar-refractivity contribution in [2.45, 2.75) is 133 Å². The van der Waals surface area contributed by atoms with Gasteiger partial charge in [0.2, 0.25) is 0 Å². The molecule has 5 aliphatic rings. The first-order chi connectivity index (χ1) is 21.6. The first-order valence-electron chi connectivity index (χ1n) is 17.6. The number of nitrogens with one attached hydrogen (secondary N) is 2. The lowest BCUT2D eigenvalue weighted by atomic mass is 9.68. The van der Waals surface area contributed by atoms with Gasteiger partial charge in [0.15, 0.2) is 0 Å². The molecule has 5 N–H and O–H groups in total. The predicted molar refractivity (Wildman–Crippen MR) is 179 cm³/mol. The Balaban J connectivity index is 1.10. The molecule has 1 aromatic heterocycles. The summed E-state index contributed by atoms with van der Waals surface area (Å²) in [4.78, 5) is 33.2. The second kappa shape index (κ2) is 14.3. The van der Waals surface area contributed by atoms with E-state index in [2.05, 4.69) is 36.4 Å². The van der Waals surface area contributed by atoms with E-state index in [4.69, 9.17) is 15.5 Å². The highest BCUT2D eigenvalue weighted by molar-refractivity contribution is 8.00. The van der Waals surface area contributed by atoms with Gasteiger partial charge in [-0.1, -0.05) is 6.92 Å². The monoisotopic (exact) mass is 644 g/mol. The van der Waals surface area contributed by atoms with Crippen molar-refractivity contribution in [2.75, 3.05) is 26.0 Å². The van der Waals surface area contributed by atoms with Gasteiger partial charge in [-0.3, -0.25) is 19.5 Å². The molecule has 252 valence electrons. The van der Waals surface area contributed by atoms with Crippen molar-refractivity contribution in [2.24, 2.45) is 29.4 Å². The smallest absolute Gasteiger partial charge is 0.308 e. The van der Waals surface area contributed by atoms with E-state index in [0.29, 0.717) is 60.0 Å². The fourth-order valence-corrected chi connectivity index (χ4v) is 11.1. The lowest BCUT2D eigenvalue weighted by molar-refractivity contribution is -0.142. The summed E-state index contributed by atoms with van der Waals surface area (Å²) in [7, 11) is 2.18. The number of aryl methyl sites for hydroxylation is 2. The van der Waals surface area contributed by atoms with Gasteiger partial charge < -0.3 is 25.8 Å². The molecule has 4 heterocycles. The van der Waals surface area contributed by atoms with Gasteiger partial charge >= 0.3 is 5.97 Å². The van der Waals surface area contributed by atoms with E-state index >= 15 is 0 Å². The number of carboxylic acids is 1. The van der Waals surface area contributed by atoms with Crippen molar-refractivity contribution >= 4 is 17.7 Å². The van der Waals surface area contributed by atoms with Crippen LogP contribution < -0.4 is 21.9 Å². The Morgan fingerprint density at radius 2 is 1.98 bits per heavy atom. The number of piperidine rings is 2. The minimum absolute atomic E-state index is 0.0290. The van der Waals surface area contributed by atoms with E-state index in [0.717, 1.165) is 81.4 Å². The van der Waals surface area contributed by atoms with E-state index in [1.54, 1.807) is 0 Å². The largest absolute Gasteiger partial charge is 0.481 e. The van der Waals surface area contributed by atoms with Crippen molar-refractivity contribution in [1.82, 2.24) is 25.1 Å². The van der Waals surface area contributed by atoms with Crippen LogP contribution in [0, 0.1) is 30.6 Å². The van der Waals surface area contributed by atoms with Gasteiger partial charge in [0, 0.05) is 47.3 Å². The number of hydrogen-bond acceptors (Lipinski definition) is 9. The van der Waals surface area contributed by atoms with Crippen LogP contribution in [0.15, 0.2) is 4.79 Å². The molecule has 0 spiro atoms. The second-order valence-electron chi connectivity index (χ2n) is 15.0. The van der Waals surface area contributed by atoms with Crippen LogP contribution in [0.5, 0.6) is 0 Å². The van der Waals surface area contributed by atoms with Crippen LogP contribution in [0.2, 0.25) is 0 Å². The summed E-state index contributed by atoms with van der Waals surface area (Å²) in [6.07, 6.45) is 10.5. The molecular weight excluding hydrogens is 588 g/mol. The molecular formula is C34H56N6O4S. The quantitative estimate of drug-likeness (QED) is 0.318. The number of aromatic nitrogens is 2. The SMILES string of the molecule is Cc1nc2c(c(=O)n1CCOC1CCC(C)CC1C1CC(C)NC3C(C(=O)O)CSC13)CC(N(C)CC1CCCC(N)N1)CC2. The first kappa shape index (κ1) is 33.4. The maximum atomic E-state index is 13.9. The molecule has 10 nitrogen and oxygen atoms in total. The maximum absolute atomic E-state index is 13.9. The maximum Gasteiger partial charge on any atom is 0.308 e. The number of ether oxygens (including phenoxy) is 1. The summed E-state index contributed by atoms with van der Waals surface area (Å²) in [6.45, 7) is 8.46. The number of carbonyl (C=O) groups is 1. The zero-order valence-electron chi connectivity index (χ0n) is 27.7. The van der Waals surface area contributed by atoms with E-state index in [1.807, 2.05) is 23.3 Å². The van der Waals surface area contributed by atoms with Gasteiger partial charge in [0.25, 0.3) is 5.56 Å². The molecule has 1 aromatic rings. The van der Waals surface area contributed by atoms with Gasteiger partial charge in [-0.2, -0.15) is 11.8 Å². The zero-order chi connectivity index (χ0) is 31.8. The third-order valence-electron chi connectivity index (χ3n) is 11.7. The van der Waals surface area contributed by atoms with Crippen LogP contribution in [-0.4, -0.2) is 93.2 Å². The molecule has 2 aliphatic carbocycles. The molecule has 0 radical (unpaired) electrons. The fraction of sp³-hybridized carbons (Fsp3) is 0.853. The van der Waals surface area contributed by atoms with Crippen molar-refractivity contribution in [3.63, 3.8) is 0 Å². The average Bonchev–Trinajstić information content (AvgIpc) is 3.43. The number of fused-ring (bicyclic) bond motifs is 2. The van der Waals surface area contributed by atoms with Gasteiger partial charge in [-0.15, -0.1) is 0 Å². The Morgan fingerprint density at radius 3 is 2.76 bits per heavy atom. The zero-order valence-corrected chi connectivity index (χ0v) is 28.6. The van der Waals surface area contributed by atoms with E-state index in [9.17, 15) is 14.7 Å². The van der Waals surface area contributed by atoms with E-state index in [1.165, 1.54) is 6.42 Å². The van der Waals surface area contributed by atoms with E-state index < -0.39 is 5.97 Å². The lowest BCUT2D eigenvalue weighted by Crippen LogP contribution is -2.57. The topological polar surface area (TPSA) is 135 Å². The average molecular weight is 645 g/mol. The molecule has 1 saturated carbocycles. The molecule has 6 rings (SSSR count). The molecule has 45 heavy (non-hydrogen) atoms. The van der Waals surface area contributed by atoms with Crippen molar-refractivity contribution in [3.8, 4) is 0 Å². The minimum Gasteiger partial charge on any atom is -0.481 e. The van der Waals surface area contributed by atoms with Crippen LogP contribution in [-0.2, 0) is 28.9 Å². The third-order valence-corrected chi connectivity index (χ3v) is 13.3. The number of aliphatic carboxylic acids is 1. The molecule has 4 fully saturated rings. The molecule has 3 aliphatic heterocycles. The van der Waals surface area contributed by atoms with Crippen LogP contribution in [0.4, 0.5) is 0 Å². The molecule has 3 saturated heterocycles. The van der Waals surface area contributed by atoms with Gasteiger partial charge in [-0.25, -0.2) is 4.98 Å². The Hall–Kier alpha value is -1.50. The van der Waals surface area contributed by atoms with Crippen LogP contribution in [0.3, 0.4) is 0 Å². The standard InChI is InChI=1S/C34H56N6O4S/c1-19-8-11-29(24(14-19)25-15-20(2)36-31-27(34(42)43)18-45-32(25)31)44-13-12-40-21(3)37-28-10-9-23(16-26(28)33(40)41)39(4)17-22-6-5-7-30(35)38-22/h19-20,22-25,27,29-32,36,38H,5-18,35H2,1-4H3,(H,42,43). The Morgan fingerprint density at radius 1 is 1.16 bits per heavy atom. The summed E-state index contributed by atoms with van der Waals surface area (Å²) < 4.78 is 8.55. The summed E-state index contributed by atoms with van der Waals surface area (Å²) in [5, 5.41) is 17.4. The van der Waals surface area contributed by atoms with Crippen molar-refractivity contribution in [3.05, 3.63) is 27.4 Å². The van der Waals surface area contributed by atoms with Gasteiger partial charge in [-0.05, 0) is 103 Å². The summed E-state index contributed by atoms with van der Waals surface area (Å²) in [5.74, 6) is 1.96. The highest BCUT2D eigenvalue weighted by Crippen LogP contribution is 2.48. The molecule has 11 unspecified atom stereocenters. The molecule has 11 heteroatoms. The summed E-state index contributed by atoms with van der Waals surface area (Å²) in [6, 6.07) is 1.06.